The van der Waals surface area contributed by atoms with Crippen molar-refractivity contribution in [2.45, 2.75) is 52.2 Å². The molecule has 0 aliphatic rings. The average Bonchev–Trinajstić information content (AvgIpc) is 2.61. The molecule has 0 aliphatic heterocycles. The van der Waals surface area contributed by atoms with E-state index >= 15 is 0 Å². The van der Waals surface area contributed by atoms with Gasteiger partial charge in [-0.05, 0) is 26.3 Å². The van der Waals surface area contributed by atoms with Crippen molar-refractivity contribution in [1.29, 1.82) is 0 Å². The first-order chi connectivity index (χ1) is 7.94. The Morgan fingerprint density at radius 2 is 2.29 bits per heavy atom. The van der Waals surface area contributed by atoms with Crippen LogP contribution in [0.3, 0.4) is 0 Å². The number of nitrogens with one attached hydrogen (secondary N) is 1. The van der Waals surface area contributed by atoms with E-state index in [-0.39, 0.29) is 11.4 Å². The van der Waals surface area contributed by atoms with Gasteiger partial charge < -0.3 is 11.1 Å². The Kier molecular flexibility index (Phi) is 4.69. The van der Waals surface area contributed by atoms with Crippen LogP contribution in [0.2, 0.25) is 0 Å². The molecule has 1 amide bonds. The minimum Gasteiger partial charge on any atom is -0.370 e. The third kappa shape index (κ3) is 4.56. The maximum atomic E-state index is 10.9. The molecule has 0 atom stereocenters. The van der Waals surface area contributed by atoms with Crippen LogP contribution in [0, 0.1) is 0 Å². The van der Waals surface area contributed by atoms with Gasteiger partial charge in [0.2, 0.25) is 5.91 Å². The molecule has 5 nitrogen and oxygen atoms in total. The molecular weight excluding hydrogens is 216 g/mol. The molecule has 1 rings (SSSR count). The van der Waals surface area contributed by atoms with Gasteiger partial charge in [0.25, 0.3) is 0 Å². The third-order valence-electron chi connectivity index (χ3n) is 2.60. The largest absolute Gasteiger partial charge is 0.370 e. The Balaban J connectivity index is 2.54. The van der Waals surface area contributed by atoms with E-state index in [9.17, 15) is 4.79 Å². The smallest absolute Gasteiger partial charge is 0.219 e. The van der Waals surface area contributed by atoms with E-state index in [0.717, 1.165) is 18.7 Å². The van der Waals surface area contributed by atoms with E-state index in [2.05, 4.69) is 17.3 Å². The number of nitrogens with two attached hydrogens (primary N) is 1. The van der Waals surface area contributed by atoms with Gasteiger partial charge in [-0.1, -0.05) is 6.92 Å². The van der Waals surface area contributed by atoms with Crippen molar-refractivity contribution < 1.29 is 4.79 Å². The fraction of sp³-hybridized carbons (Fsp3) is 0.667. The van der Waals surface area contributed by atoms with Crippen molar-refractivity contribution in [3.63, 3.8) is 0 Å². The van der Waals surface area contributed by atoms with Crippen LogP contribution in [0.25, 0.3) is 0 Å². The quantitative estimate of drug-likeness (QED) is 0.745. The first kappa shape index (κ1) is 13.7. The fourth-order valence-electron chi connectivity index (χ4n) is 1.75. The minimum atomic E-state index is -0.287. The Morgan fingerprint density at radius 3 is 2.88 bits per heavy atom. The number of hydrogen-bond acceptors (Lipinski definition) is 3. The van der Waals surface area contributed by atoms with E-state index < -0.39 is 0 Å². The standard InChI is InChI=1S/C12H22N4O/c1-4-7-16-10(5-6-15-16)9-14-12(2,3)8-11(13)17/h5-6,14H,4,7-9H2,1-3H3,(H2,13,17). The van der Waals surface area contributed by atoms with Gasteiger partial charge in [0.15, 0.2) is 0 Å². The average molecular weight is 238 g/mol. The second kappa shape index (κ2) is 5.82. The van der Waals surface area contributed by atoms with Gasteiger partial charge in [0.1, 0.15) is 0 Å². The van der Waals surface area contributed by atoms with Gasteiger partial charge in [0.05, 0.1) is 5.69 Å². The van der Waals surface area contributed by atoms with E-state index in [4.69, 9.17) is 5.73 Å². The molecule has 0 bridgehead atoms. The highest BCUT2D eigenvalue weighted by Gasteiger charge is 2.20. The summed E-state index contributed by atoms with van der Waals surface area (Å²) in [6.07, 6.45) is 3.18. The highest BCUT2D eigenvalue weighted by atomic mass is 16.1. The van der Waals surface area contributed by atoms with Crippen LogP contribution in [-0.2, 0) is 17.9 Å². The van der Waals surface area contributed by atoms with Crippen molar-refractivity contribution in [3.8, 4) is 0 Å². The Hall–Kier alpha value is -1.36. The number of carbonyl (C=O) groups excluding carboxylic acids is 1. The summed E-state index contributed by atoms with van der Waals surface area (Å²) in [5.74, 6) is -0.287. The zero-order chi connectivity index (χ0) is 12.9. The zero-order valence-electron chi connectivity index (χ0n) is 10.9. The zero-order valence-corrected chi connectivity index (χ0v) is 10.9. The van der Waals surface area contributed by atoms with Crippen molar-refractivity contribution >= 4 is 5.91 Å². The second-order valence-corrected chi connectivity index (χ2v) is 4.93. The van der Waals surface area contributed by atoms with Crippen LogP contribution in [0.1, 0.15) is 39.3 Å². The van der Waals surface area contributed by atoms with Crippen molar-refractivity contribution in [2.75, 3.05) is 0 Å². The molecule has 1 aromatic rings. The van der Waals surface area contributed by atoms with Crippen LogP contribution >= 0.6 is 0 Å². The molecule has 0 aliphatic carbocycles. The number of rotatable bonds is 7. The second-order valence-electron chi connectivity index (χ2n) is 4.93. The molecule has 96 valence electrons. The minimum absolute atomic E-state index is 0.285. The van der Waals surface area contributed by atoms with E-state index in [0.29, 0.717) is 13.0 Å². The lowest BCUT2D eigenvalue weighted by atomic mass is 10.0. The molecular formula is C12H22N4O. The molecule has 3 N–H and O–H groups in total. The molecule has 5 heteroatoms. The molecule has 0 saturated carbocycles. The molecule has 0 unspecified atom stereocenters. The molecule has 0 radical (unpaired) electrons. The summed E-state index contributed by atoms with van der Waals surface area (Å²) in [4.78, 5) is 10.9. The highest BCUT2D eigenvalue weighted by Crippen LogP contribution is 2.09. The van der Waals surface area contributed by atoms with Gasteiger partial charge in [-0.2, -0.15) is 5.10 Å². The predicted octanol–water partition coefficient (Wildman–Crippen LogP) is 1.04. The van der Waals surface area contributed by atoms with Gasteiger partial charge in [-0.25, -0.2) is 0 Å². The summed E-state index contributed by atoms with van der Waals surface area (Å²) in [5, 5.41) is 7.58. The molecule has 1 heterocycles. The van der Waals surface area contributed by atoms with Crippen LogP contribution in [0.5, 0.6) is 0 Å². The molecule has 0 fully saturated rings. The number of nitrogens with zero attached hydrogens (tertiary/aromatic N) is 2. The van der Waals surface area contributed by atoms with Crippen LogP contribution in [0.15, 0.2) is 12.3 Å². The lowest BCUT2D eigenvalue weighted by Crippen LogP contribution is -2.42. The molecule has 17 heavy (non-hydrogen) atoms. The Bertz CT molecular complexity index is 370. The SMILES string of the molecule is CCCn1nccc1CNC(C)(C)CC(N)=O. The van der Waals surface area contributed by atoms with Crippen molar-refractivity contribution in [1.82, 2.24) is 15.1 Å². The highest BCUT2D eigenvalue weighted by molar-refractivity contribution is 5.74. The Labute approximate surface area is 102 Å². The van der Waals surface area contributed by atoms with Crippen LogP contribution in [-0.4, -0.2) is 21.2 Å². The maximum Gasteiger partial charge on any atom is 0.219 e. The van der Waals surface area contributed by atoms with Crippen molar-refractivity contribution in [2.24, 2.45) is 5.73 Å². The summed E-state index contributed by atoms with van der Waals surface area (Å²) >= 11 is 0. The summed E-state index contributed by atoms with van der Waals surface area (Å²) in [7, 11) is 0. The normalized spacial score (nSPS) is 11.7. The fourth-order valence-corrected chi connectivity index (χ4v) is 1.75. The number of aryl methyl sites for hydroxylation is 1. The molecule has 0 spiro atoms. The Morgan fingerprint density at radius 1 is 1.59 bits per heavy atom. The number of aromatic nitrogens is 2. The number of primary amides is 1. The van der Waals surface area contributed by atoms with Crippen LogP contribution < -0.4 is 11.1 Å². The number of amides is 1. The number of carbonyl (C=O) groups is 1. The third-order valence-corrected chi connectivity index (χ3v) is 2.60. The molecule has 1 aromatic heterocycles. The lowest BCUT2D eigenvalue weighted by molar-refractivity contribution is -0.119. The van der Waals surface area contributed by atoms with Crippen LogP contribution in [0.4, 0.5) is 0 Å². The predicted molar refractivity (Wildman–Crippen MR) is 67.2 cm³/mol. The maximum absolute atomic E-state index is 10.9. The summed E-state index contributed by atoms with van der Waals surface area (Å²) in [5.41, 5.74) is 6.05. The lowest BCUT2D eigenvalue weighted by Gasteiger charge is -2.25. The van der Waals surface area contributed by atoms with Gasteiger partial charge in [-0.3, -0.25) is 9.48 Å². The topological polar surface area (TPSA) is 72.9 Å². The van der Waals surface area contributed by atoms with E-state index in [1.807, 2.05) is 24.6 Å². The summed E-state index contributed by atoms with van der Waals surface area (Å²) < 4.78 is 1.98. The van der Waals surface area contributed by atoms with Gasteiger partial charge in [-0.15, -0.1) is 0 Å². The monoisotopic (exact) mass is 238 g/mol. The molecule has 0 aromatic carbocycles. The first-order valence-electron chi connectivity index (χ1n) is 5.98. The molecule has 0 saturated heterocycles. The van der Waals surface area contributed by atoms with E-state index in [1.54, 1.807) is 6.20 Å². The van der Waals surface area contributed by atoms with Crippen molar-refractivity contribution in [3.05, 3.63) is 18.0 Å². The summed E-state index contributed by atoms with van der Waals surface area (Å²) in [6.45, 7) is 7.67. The summed E-state index contributed by atoms with van der Waals surface area (Å²) in [6, 6.07) is 1.99. The number of hydrogen-bond donors (Lipinski definition) is 2. The first-order valence-corrected chi connectivity index (χ1v) is 5.98. The van der Waals surface area contributed by atoms with E-state index in [1.165, 1.54) is 0 Å². The van der Waals surface area contributed by atoms with Gasteiger partial charge in [0, 0.05) is 31.2 Å². The van der Waals surface area contributed by atoms with Gasteiger partial charge >= 0.3 is 0 Å².